The molecule has 37 heavy (non-hydrogen) atoms. The summed E-state index contributed by atoms with van der Waals surface area (Å²) in [6.45, 7) is 14.8. The van der Waals surface area contributed by atoms with Crippen molar-refractivity contribution in [3.05, 3.63) is 35.3 Å². The molecule has 1 fully saturated rings. The summed E-state index contributed by atoms with van der Waals surface area (Å²) >= 11 is 0. The molecule has 6 nitrogen and oxygen atoms in total. The average Bonchev–Trinajstić information content (AvgIpc) is 3.44. The normalized spacial score (nSPS) is 13.5. The summed E-state index contributed by atoms with van der Waals surface area (Å²) in [7, 11) is 0. The summed E-state index contributed by atoms with van der Waals surface area (Å²) in [4.78, 5) is 23.1. The van der Waals surface area contributed by atoms with E-state index in [1.807, 2.05) is 18.3 Å². The van der Waals surface area contributed by atoms with Crippen molar-refractivity contribution in [3.8, 4) is 0 Å². The number of carbonyl (C=O) groups is 1. The molecule has 2 aromatic rings. The van der Waals surface area contributed by atoms with Gasteiger partial charge in [-0.15, -0.1) is 37.2 Å². The Balaban J connectivity index is 0.00000432. The summed E-state index contributed by atoms with van der Waals surface area (Å²) in [5.74, 6) is 1.30. The van der Waals surface area contributed by atoms with Crippen molar-refractivity contribution < 1.29 is 4.79 Å². The number of amides is 1. The monoisotopic (exact) mass is 577 g/mol. The average molecular weight is 579 g/mol. The second-order valence-electron chi connectivity index (χ2n) is 10.9. The van der Waals surface area contributed by atoms with E-state index in [9.17, 15) is 4.79 Å². The third kappa shape index (κ3) is 10.9. The number of fused-ring (bicyclic) bond motifs is 1. The number of aryl methyl sites for hydroxylation is 2. The van der Waals surface area contributed by atoms with Gasteiger partial charge in [-0.25, -0.2) is 4.98 Å². The highest BCUT2D eigenvalue weighted by molar-refractivity contribution is 5.94. The molecule has 0 bridgehead atoms. The van der Waals surface area contributed by atoms with E-state index in [0.29, 0.717) is 18.4 Å². The zero-order valence-electron chi connectivity index (χ0n) is 23.3. The van der Waals surface area contributed by atoms with Gasteiger partial charge in [0.25, 0.3) is 5.91 Å². The number of nitrogens with zero attached hydrogens (tertiary/aromatic N) is 4. The highest BCUT2D eigenvalue weighted by atomic mass is 35.5. The number of pyridine rings is 1. The van der Waals surface area contributed by atoms with Crippen LogP contribution in [0.3, 0.4) is 0 Å². The van der Waals surface area contributed by atoms with Crippen molar-refractivity contribution in [1.82, 2.24) is 19.2 Å². The quantitative estimate of drug-likeness (QED) is 0.296. The van der Waals surface area contributed by atoms with Crippen molar-refractivity contribution in [3.63, 3.8) is 0 Å². The lowest BCUT2D eigenvalue weighted by Gasteiger charge is -2.24. The number of nitrogens with two attached hydrogens (primary N) is 1. The van der Waals surface area contributed by atoms with Crippen LogP contribution in [0.25, 0.3) is 5.65 Å². The molecule has 2 N–H and O–H groups in total. The summed E-state index contributed by atoms with van der Waals surface area (Å²) in [5.41, 5.74) is 9.92. The number of hydrogen-bond donors (Lipinski definition) is 1. The van der Waals surface area contributed by atoms with E-state index in [-0.39, 0.29) is 43.1 Å². The fourth-order valence-corrected chi connectivity index (χ4v) is 4.80. The van der Waals surface area contributed by atoms with Crippen LogP contribution in [0.5, 0.6) is 0 Å². The van der Waals surface area contributed by atoms with E-state index < -0.39 is 0 Å². The molecule has 0 atom stereocenters. The second-order valence-corrected chi connectivity index (χ2v) is 10.9. The molecule has 1 aliphatic rings. The van der Waals surface area contributed by atoms with E-state index >= 15 is 0 Å². The minimum Gasteiger partial charge on any atom is -0.339 e. The first-order valence-electron chi connectivity index (χ1n) is 13.6. The largest absolute Gasteiger partial charge is 0.339 e. The molecule has 0 radical (unpaired) electrons. The minimum atomic E-state index is 0. The molecule has 1 amide bonds. The number of aromatic nitrogens is 2. The van der Waals surface area contributed by atoms with Crippen LogP contribution in [0.1, 0.15) is 88.0 Å². The van der Waals surface area contributed by atoms with Crippen molar-refractivity contribution in [2.24, 2.45) is 17.6 Å². The molecular weight excluding hydrogens is 529 g/mol. The van der Waals surface area contributed by atoms with Crippen LogP contribution in [-0.2, 0) is 12.8 Å². The van der Waals surface area contributed by atoms with Gasteiger partial charge in [0.15, 0.2) is 0 Å². The molecule has 0 spiro atoms. The van der Waals surface area contributed by atoms with Crippen LogP contribution >= 0.6 is 37.2 Å². The zero-order chi connectivity index (χ0) is 24.5. The minimum absolute atomic E-state index is 0. The molecule has 0 unspecified atom stereocenters. The number of imidazole rings is 1. The Morgan fingerprint density at radius 1 is 0.973 bits per heavy atom. The molecule has 3 heterocycles. The Hall–Kier alpha value is -1.05. The number of halogens is 3. The van der Waals surface area contributed by atoms with E-state index in [2.05, 4.69) is 41.9 Å². The Labute approximate surface area is 243 Å². The van der Waals surface area contributed by atoms with Crippen molar-refractivity contribution >= 4 is 48.8 Å². The van der Waals surface area contributed by atoms with E-state index in [1.54, 1.807) is 0 Å². The van der Waals surface area contributed by atoms with E-state index in [0.717, 1.165) is 75.1 Å². The van der Waals surface area contributed by atoms with Crippen molar-refractivity contribution in [2.75, 3.05) is 39.3 Å². The van der Waals surface area contributed by atoms with Gasteiger partial charge in [0.05, 0.1) is 11.3 Å². The van der Waals surface area contributed by atoms with Gasteiger partial charge in [-0.2, -0.15) is 0 Å². The molecule has 0 aromatic carbocycles. The lowest BCUT2D eigenvalue weighted by atomic mass is 10.1. The first-order valence-corrected chi connectivity index (χ1v) is 13.6. The van der Waals surface area contributed by atoms with Crippen LogP contribution < -0.4 is 5.73 Å². The van der Waals surface area contributed by atoms with E-state index in [4.69, 9.17) is 10.7 Å². The zero-order valence-corrected chi connectivity index (χ0v) is 25.7. The summed E-state index contributed by atoms with van der Waals surface area (Å²) in [5, 5.41) is 0. The number of hydrogen-bond acceptors (Lipinski definition) is 4. The SMILES string of the molecule is CC(C)CCN(CCC(C)C)C(=O)c1ccc2nc(CCCN)c(CCCN3CCCC3)n2c1.Cl.Cl.Cl. The van der Waals surface area contributed by atoms with Crippen LogP contribution in [-0.4, -0.2) is 64.4 Å². The topological polar surface area (TPSA) is 66.9 Å². The lowest BCUT2D eigenvalue weighted by molar-refractivity contribution is 0.0740. The molecule has 1 aliphatic heterocycles. The van der Waals surface area contributed by atoms with Gasteiger partial charge in [0, 0.05) is 25.0 Å². The summed E-state index contributed by atoms with van der Waals surface area (Å²) in [6.07, 6.45) is 10.7. The fourth-order valence-electron chi connectivity index (χ4n) is 4.80. The first-order chi connectivity index (χ1) is 16.4. The van der Waals surface area contributed by atoms with E-state index in [1.165, 1.54) is 31.6 Å². The van der Waals surface area contributed by atoms with Crippen LogP contribution in [0.15, 0.2) is 18.3 Å². The highest BCUT2D eigenvalue weighted by Gasteiger charge is 2.20. The van der Waals surface area contributed by atoms with Crippen LogP contribution in [0.2, 0.25) is 0 Å². The Bertz CT molecular complexity index is 901. The smallest absolute Gasteiger partial charge is 0.255 e. The van der Waals surface area contributed by atoms with Gasteiger partial charge in [-0.3, -0.25) is 4.79 Å². The van der Waals surface area contributed by atoms with Gasteiger partial charge >= 0.3 is 0 Å². The molecule has 3 rings (SSSR count). The second kappa shape index (κ2) is 18.3. The standard InChI is InChI=1S/C28H47N5O.3ClH/c1-22(2)13-19-32(20-14-23(3)4)28(34)24-11-12-27-30-25(9-7-15-29)26(33(27)21-24)10-8-18-31-16-5-6-17-31;;;/h11-12,21-23H,5-10,13-20,29H2,1-4H3;3*1H. The van der Waals surface area contributed by atoms with Gasteiger partial charge in [-0.1, -0.05) is 27.7 Å². The summed E-state index contributed by atoms with van der Waals surface area (Å²) in [6, 6.07) is 3.98. The van der Waals surface area contributed by atoms with Gasteiger partial charge in [0.2, 0.25) is 0 Å². The lowest BCUT2D eigenvalue weighted by Crippen LogP contribution is -2.34. The maximum absolute atomic E-state index is 13.6. The Morgan fingerprint density at radius 3 is 2.16 bits per heavy atom. The number of carbonyl (C=O) groups excluding carboxylic acids is 1. The third-order valence-electron chi connectivity index (χ3n) is 6.99. The van der Waals surface area contributed by atoms with Gasteiger partial charge < -0.3 is 19.9 Å². The predicted octanol–water partition coefficient (Wildman–Crippen LogP) is 6.05. The molecule has 9 heteroatoms. The molecule has 214 valence electrons. The molecule has 2 aromatic heterocycles. The van der Waals surface area contributed by atoms with Crippen molar-refractivity contribution in [2.45, 2.75) is 79.1 Å². The Morgan fingerprint density at radius 2 is 1.59 bits per heavy atom. The number of rotatable bonds is 14. The molecular formula is C28H50Cl3N5O. The van der Waals surface area contributed by atoms with Crippen LogP contribution in [0.4, 0.5) is 0 Å². The third-order valence-corrected chi connectivity index (χ3v) is 6.99. The molecule has 0 aliphatic carbocycles. The van der Waals surface area contributed by atoms with Gasteiger partial charge in [-0.05, 0) is 102 Å². The van der Waals surface area contributed by atoms with Gasteiger partial charge in [0.1, 0.15) is 5.65 Å². The predicted molar refractivity (Wildman–Crippen MR) is 163 cm³/mol. The van der Waals surface area contributed by atoms with Crippen LogP contribution in [0, 0.1) is 11.8 Å². The maximum Gasteiger partial charge on any atom is 0.255 e. The Kier molecular flexibility index (Phi) is 17.8. The molecule has 0 saturated carbocycles. The van der Waals surface area contributed by atoms with Crippen molar-refractivity contribution in [1.29, 1.82) is 0 Å². The summed E-state index contributed by atoms with van der Waals surface area (Å²) < 4.78 is 2.19. The highest BCUT2D eigenvalue weighted by Crippen LogP contribution is 2.20. The fraction of sp³-hybridized carbons (Fsp3) is 0.714. The maximum atomic E-state index is 13.6. The number of likely N-dealkylation sites (tertiary alicyclic amines) is 1. The molecule has 1 saturated heterocycles. The first kappa shape index (κ1) is 35.9.